The van der Waals surface area contributed by atoms with Crippen LogP contribution in [0.1, 0.15) is 12.0 Å². The SMILES string of the molecule is O=C1CCc2cc(N(CCO)CCO)ccc2N1. The van der Waals surface area contributed by atoms with Gasteiger partial charge in [-0.25, -0.2) is 0 Å². The normalized spacial score (nSPS) is 14.0. The van der Waals surface area contributed by atoms with Gasteiger partial charge in [0.1, 0.15) is 0 Å². The van der Waals surface area contributed by atoms with Gasteiger partial charge in [0.25, 0.3) is 0 Å². The molecule has 5 heteroatoms. The smallest absolute Gasteiger partial charge is 0.224 e. The minimum atomic E-state index is 0.0494. The predicted molar refractivity (Wildman–Crippen MR) is 69.8 cm³/mol. The number of carbonyl (C=O) groups is 1. The Morgan fingerprint density at radius 2 is 1.89 bits per heavy atom. The lowest BCUT2D eigenvalue weighted by Crippen LogP contribution is -2.30. The molecule has 18 heavy (non-hydrogen) atoms. The van der Waals surface area contributed by atoms with Gasteiger partial charge in [-0.2, -0.15) is 0 Å². The molecule has 1 aromatic carbocycles. The number of nitrogens with one attached hydrogen (secondary N) is 1. The number of hydrogen-bond donors (Lipinski definition) is 3. The van der Waals surface area contributed by atoms with Gasteiger partial charge in [0.15, 0.2) is 0 Å². The highest BCUT2D eigenvalue weighted by atomic mass is 16.3. The fourth-order valence-electron chi connectivity index (χ4n) is 2.18. The number of carbonyl (C=O) groups excluding carboxylic acids is 1. The Hall–Kier alpha value is -1.59. The van der Waals surface area contributed by atoms with E-state index in [1.165, 1.54) is 0 Å². The van der Waals surface area contributed by atoms with Crippen LogP contribution in [0.4, 0.5) is 11.4 Å². The van der Waals surface area contributed by atoms with Crippen LogP contribution in [0.2, 0.25) is 0 Å². The number of anilines is 2. The summed E-state index contributed by atoms with van der Waals surface area (Å²) in [6.45, 7) is 1.08. The van der Waals surface area contributed by atoms with E-state index in [-0.39, 0.29) is 19.1 Å². The van der Waals surface area contributed by atoms with Crippen LogP contribution in [0.3, 0.4) is 0 Å². The van der Waals surface area contributed by atoms with Crippen molar-refractivity contribution >= 4 is 17.3 Å². The van der Waals surface area contributed by atoms with E-state index in [1.807, 2.05) is 23.1 Å². The number of fused-ring (bicyclic) bond motifs is 1. The summed E-state index contributed by atoms with van der Waals surface area (Å²) in [5.41, 5.74) is 2.93. The van der Waals surface area contributed by atoms with E-state index >= 15 is 0 Å². The van der Waals surface area contributed by atoms with E-state index in [9.17, 15) is 4.79 Å². The zero-order valence-corrected chi connectivity index (χ0v) is 10.2. The van der Waals surface area contributed by atoms with Crippen LogP contribution in [0.5, 0.6) is 0 Å². The van der Waals surface area contributed by atoms with E-state index < -0.39 is 0 Å². The first-order chi connectivity index (χ1) is 8.74. The fraction of sp³-hybridized carbons (Fsp3) is 0.462. The molecule has 0 atom stereocenters. The van der Waals surface area contributed by atoms with E-state index in [1.54, 1.807) is 0 Å². The van der Waals surface area contributed by atoms with Gasteiger partial charge in [0.2, 0.25) is 5.91 Å². The van der Waals surface area contributed by atoms with Crippen molar-refractivity contribution in [2.75, 3.05) is 36.5 Å². The first-order valence-electron chi connectivity index (χ1n) is 6.14. The van der Waals surface area contributed by atoms with Crippen LogP contribution in [0.15, 0.2) is 18.2 Å². The van der Waals surface area contributed by atoms with Gasteiger partial charge in [0.05, 0.1) is 13.2 Å². The van der Waals surface area contributed by atoms with Crippen molar-refractivity contribution in [3.05, 3.63) is 23.8 Å². The van der Waals surface area contributed by atoms with Crippen molar-refractivity contribution in [1.29, 1.82) is 0 Å². The first-order valence-corrected chi connectivity index (χ1v) is 6.14. The Bertz CT molecular complexity index is 428. The van der Waals surface area contributed by atoms with Crippen LogP contribution >= 0.6 is 0 Å². The summed E-state index contributed by atoms with van der Waals surface area (Å²) in [7, 11) is 0. The molecule has 2 rings (SSSR count). The molecular formula is C13H18N2O3. The molecule has 0 fully saturated rings. The summed E-state index contributed by atoms with van der Waals surface area (Å²) in [5.74, 6) is 0.0535. The van der Waals surface area contributed by atoms with Crippen molar-refractivity contribution in [3.63, 3.8) is 0 Å². The van der Waals surface area contributed by atoms with Gasteiger partial charge in [-0.05, 0) is 30.2 Å². The molecular weight excluding hydrogens is 232 g/mol. The second-order valence-electron chi connectivity index (χ2n) is 4.32. The van der Waals surface area contributed by atoms with Gasteiger partial charge in [-0.1, -0.05) is 0 Å². The molecule has 0 saturated carbocycles. The summed E-state index contributed by atoms with van der Waals surface area (Å²) >= 11 is 0. The molecule has 1 aliphatic rings. The number of rotatable bonds is 5. The number of amides is 1. The third-order valence-electron chi connectivity index (χ3n) is 3.09. The Morgan fingerprint density at radius 1 is 1.17 bits per heavy atom. The number of nitrogens with zero attached hydrogens (tertiary/aromatic N) is 1. The van der Waals surface area contributed by atoms with Crippen molar-refractivity contribution in [1.82, 2.24) is 0 Å². The van der Waals surface area contributed by atoms with Crippen molar-refractivity contribution in [3.8, 4) is 0 Å². The Morgan fingerprint density at radius 3 is 2.56 bits per heavy atom. The predicted octanol–water partition coefficient (Wildman–Crippen LogP) is 0.362. The monoisotopic (exact) mass is 250 g/mol. The number of aryl methyl sites for hydroxylation is 1. The molecule has 0 radical (unpaired) electrons. The first kappa shape index (κ1) is 12.9. The zero-order chi connectivity index (χ0) is 13.0. The molecule has 0 bridgehead atoms. The molecule has 0 aromatic heterocycles. The van der Waals surface area contributed by atoms with Crippen LogP contribution in [-0.2, 0) is 11.2 Å². The molecule has 1 amide bonds. The molecule has 1 heterocycles. The molecule has 5 nitrogen and oxygen atoms in total. The third kappa shape index (κ3) is 2.80. The van der Waals surface area contributed by atoms with Crippen LogP contribution in [-0.4, -0.2) is 42.4 Å². The Balaban J connectivity index is 2.21. The summed E-state index contributed by atoms with van der Waals surface area (Å²) in [5, 5.41) is 20.9. The molecule has 1 aliphatic heterocycles. The highest BCUT2D eigenvalue weighted by molar-refractivity contribution is 5.94. The maximum Gasteiger partial charge on any atom is 0.224 e. The second kappa shape index (κ2) is 5.84. The average molecular weight is 250 g/mol. The van der Waals surface area contributed by atoms with Crippen molar-refractivity contribution in [2.45, 2.75) is 12.8 Å². The molecule has 0 spiro atoms. The second-order valence-corrected chi connectivity index (χ2v) is 4.32. The van der Waals surface area contributed by atoms with Crippen LogP contribution in [0, 0.1) is 0 Å². The van der Waals surface area contributed by atoms with Gasteiger partial charge in [-0.15, -0.1) is 0 Å². The summed E-state index contributed by atoms with van der Waals surface area (Å²) in [4.78, 5) is 13.2. The summed E-state index contributed by atoms with van der Waals surface area (Å²) in [6.07, 6.45) is 1.25. The molecule has 0 saturated heterocycles. The van der Waals surface area contributed by atoms with E-state index in [4.69, 9.17) is 10.2 Å². The van der Waals surface area contributed by atoms with Crippen molar-refractivity contribution < 1.29 is 15.0 Å². The topological polar surface area (TPSA) is 72.8 Å². The van der Waals surface area contributed by atoms with Gasteiger partial charge >= 0.3 is 0 Å². The Labute approximate surface area is 106 Å². The minimum Gasteiger partial charge on any atom is -0.395 e. The largest absolute Gasteiger partial charge is 0.395 e. The lowest BCUT2D eigenvalue weighted by atomic mass is 10.0. The average Bonchev–Trinajstić information content (AvgIpc) is 2.38. The van der Waals surface area contributed by atoms with Gasteiger partial charge in [-0.3, -0.25) is 4.79 Å². The highest BCUT2D eigenvalue weighted by Crippen LogP contribution is 2.27. The van der Waals surface area contributed by atoms with Crippen molar-refractivity contribution in [2.24, 2.45) is 0 Å². The highest BCUT2D eigenvalue weighted by Gasteiger charge is 2.16. The quantitative estimate of drug-likeness (QED) is 0.705. The number of benzene rings is 1. The lowest BCUT2D eigenvalue weighted by molar-refractivity contribution is -0.116. The van der Waals surface area contributed by atoms with E-state index in [0.29, 0.717) is 19.5 Å². The molecule has 98 valence electrons. The molecule has 0 aliphatic carbocycles. The van der Waals surface area contributed by atoms with Crippen LogP contribution in [0.25, 0.3) is 0 Å². The fourth-order valence-corrected chi connectivity index (χ4v) is 2.18. The van der Waals surface area contributed by atoms with Gasteiger partial charge in [0, 0.05) is 30.9 Å². The molecule has 0 unspecified atom stereocenters. The maximum absolute atomic E-state index is 11.3. The standard InChI is InChI=1S/C13H18N2O3/c16-7-5-15(6-8-17)11-2-3-12-10(9-11)1-4-13(18)14-12/h2-3,9,16-17H,1,4-8H2,(H,14,18). The Kier molecular flexibility index (Phi) is 4.17. The van der Waals surface area contributed by atoms with Gasteiger partial charge < -0.3 is 20.4 Å². The lowest BCUT2D eigenvalue weighted by Gasteiger charge is -2.25. The molecule has 3 N–H and O–H groups in total. The number of aliphatic hydroxyl groups is 2. The number of hydrogen-bond acceptors (Lipinski definition) is 4. The third-order valence-corrected chi connectivity index (χ3v) is 3.09. The van der Waals surface area contributed by atoms with E-state index in [2.05, 4.69) is 5.32 Å². The molecule has 1 aromatic rings. The number of aliphatic hydroxyl groups excluding tert-OH is 2. The van der Waals surface area contributed by atoms with E-state index in [0.717, 1.165) is 23.4 Å². The minimum absolute atomic E-state index is 0.0494. The zero-order valence-electron chi connectivity index (χ0n) is 10.2. The maximum atomic E-state index is 11.3. The summed E-state index contributed by atoms with van der Waals surface area (Å²) < 4.78 is 0. The summed E-state index contributed by atoms with van der Waals surface area (Å²) in [6, 6.07) is 5.79. The van der Waals surface area contributed by atoms with Crippen LogP contribution < -0.4 is 10.2 Å².